The van der Waals surface area contributed by atoms with Crippen LogP contribution in [0.4, 0.5) is 0 Å². The highest BCUT2D eigenvalue weighted by molar-refractivity contribution is 6.43. The van der Waals surface area contributed by atoms with E-state index in [2.05, 4.69) is 11.6 Å². The van der Waals surface area contributed by atoms with Gasteiger partial charge in [-0.1, -0.05) is 36.4 Å². The van der Waals surface area contributed by atoms with Crippen molar-refractivity contribution in [2.75, 3.05) is 0 Å². The molecule has 1 aromatic heterocycles. The maximum Gasteiger partial charge on any atom is 0.458 e. The quantitative estimate of drug-likeness (QED) is 0.745. The third-order valence-electron chi connectivity index (χ3n) is 4.58. The SMILES string of the molecule is C=C(C)C1=CCB(O)OC1CC/C(=C/c1cccc(O)c1)c1ccccn1. The van der Waals surface area contributed by atoms with Crippen LogP contribution in [0.25, 0.3) is 11.6 Å². The normalized spacial score (nSPS) is 17.6. The second kappa shape index (κ2) is 8.84. The number of nitrogens with zero attached hydrogens (tertiary/aromatic N) is 1. The summed E-state index contributed by atoms with van der Waals surface area (Å²) >= 11 is 0. The Bertz CT molecular complexity index is 861. The average Bonchev–Trinajstić information content (AvgIpc) is 2.65. The fraction of sp³-hybridized carbons (Fsp3) is 0.227. The van der Waals surface area contributed by atoms with Crippen molar-refractivity contribution in [3.8, 4) is 5.75 Å². The summed E-state index contributed by atoms with van der Waals surface area (Å²) in [5.41, 5.74) is 4.86. The van der Waals surface area contributed by atoms with Gasteiger partial charge in [0.25, 0.3) is 0 Å². The zero-order valence-electron chi connectivity index (χ0n) is 15.5. The molecule has 0 aliphatic carbocycles. The molecular weight excluding hydrogens is 337 g/mol. The van der Waals surface area contributed by atoms with Crippen LogP contribution >= 0.6 is 0 Å². The van der Waals surface area contributed by atoms with Gasteiger partial charge in [-0.05, 0) is 66.8 Å². The summed E-state index contributed by atoms with van der Waals surface area (Å²) in [4.78, 5) is 4.48. The smallest absolute Gasteiger partial charge is 0.458 e. The molecule has 0 radical (unpaired) electrons. The number of pyridine rings is 1. The lowest BCUT2D eigenvalue weighted by Crippen LogP contribution is -2.31. The molecule has 0 spiro atoms. The lowest BCUT2D eigenvalue weighted by molar-refractivity contribution is 0.184. The van der Waals surface area contributed by atoms with Crippen LogP contribution in [0, 0.1) is 0 Å². The van der Waals surface area contributed by atoms with Crippen molar-refractivity contribution < 1.29 is 14.8 Å². The molecular formula is C22H24BNO3. The fourth-order valence-corrected chi connectivity index (χ4v) is 3.28. The van der Waals surface area contributed by atoms with Gasteiger partial charge >= 0.3 is 7.12 Å². The largest absolute Gasteiger partial charge is 0.508 e. The summed E-state index contributed by atoms with van der Waals surface area (Å²) in [6.45, 7) is 5.99. The van der Waals surface area contributed by atoms with E-state index < -0.39 is 7.12 Å². The maximum atomic E-state index is 9.88. The number of allylic oxidation sites excluding steroid dienone is 2. The first-order chi connectivity index (χ1) is 13.0. The molecule has 1 aliphatic rings. The van der Waals surface area contributed by atoms with Gasteiger partial charge in [0.1, 0.15) is 5.75 Å². The zero-order valence-corrected chi connectivity index (χ0v) is 15.5. The molecule has 1 unspecified atom stereocenters. The van der Waals surface area contributed by atoms with E-state index in [1.54, 1.807) is 18.3 Å². The highest BCUT2D eigenvalue weighted by Crippen LogP contribution is 2.30. The van der Waals surface area contributed by atoms with Crippen LogP contribution in [-0.4, -0.2) is 28.3 Å². The summed E-state index contributed by atoms with van der Waals surface area (Å²) in [7, 11) is -0.772. The fourth-order valence-electron chi connectivity index (χ4n) is 3.28. The van der Waals surface area contributed by atoms with Gasteiger partial charge in [-0.15, -0.1) is 0 Å². The Balaban J connectivity index is 1.85. The Morgan fingerprint density at radius 3 is 2.89 bits per heavy atom. The predicted molar refractivity (Wildman–Crippen MR) is 110 cm³/mol. The van der Waals surface area contributed by atoms with E-state index in [9.17, 15) is 10.1 Å². The Kier molecular flexibility index (Phi) is 6.27. The predicted octanol–water partition coefficient (Wildman–Crippen LogP) is 4.49. The topological polar surface area (TPSA) is 62.6 Å². The molecule has 2 N–H and O–H groups in total. The van der Waals surface area contributed by atoms with Crippen LogP contribution in [-0.2, 0) is 4.65 Å². The van der Waals surface area contributed by atoms with Crippen molar-refractivity contribution in [1.29, 1.82) is 0 Å². The Hall–Kier alpha value is -2.63. The lowest BCUT2D eigenvalue weighted by atomic mass is 9.78. The van der Waals surface area contributed by atoms with Gasteiger partial charge < -0.3 is 14.8 Å². The van der Waals surface area contributed by atoms with Crippen molar-refractivity contribution in [2.45, 2.75) is 32.2 Å². The van der Waals surface area contributed by atoms with E-state index in [1.165, 1.54) is 0 Å². The molecule has 1 atom stereocenters. The third-order valence-corrected chi connectivity index (χ3v) is 4.58. The van der Waals surface area contributed by atoms with E-state index in [1.807, 2.05) is 49.4 Å². The summed E-state index contributed by atoms with van der Waals surface area (Å²) in [6, 6.07) is 13.0. The molecule has 138 valence electrons. The number of aromatic nitrogens is 1. The minimum atomic E-state index is -0.772. The monoisotopic (exact) mass is 361 g/mol. The number of aromatic hydroxyl groups is 1. The van der Waals surface area contributed by atoms with Gasteiger partial charge in [0.15, 0.2) is 0 Å². The minimum absolute atomic E-state index is 0.192. The van der Waals surface area contributed by atoms with Gasteiger partial charge in [0.05, 0.1) is 11.8 Å². The van der Waals surface area contributed by atoms with E-state index >= 15 is 0 Å². The molecule has 2 heterocycles. The van der Waals surface area contributed by atoms with Crippen LogP contribution in [0.1, 0.15) is 31.0 Å². The molecule has 0 saturated heterocycles. The first-order valence-electron chi connectivity index (χ1n) is 9.13. The molecule has 3 rings (SSSR count). The van der Waals surface area contributed by atoms with Crippen LogP contribution in [0.5, 0.6) is 5.75 Å². The number of benzene rings is 1. The average molecular weight is 361 g/mol. The van der Waals surface area contributed by atoms with Gasteiger partial charge in [0.2, 0.25) is 0 Å². The van der Waals surface area contributed by atoms with Crippen molar-refractivity contribution >= 4 is 18.8 Å². The minimum Gasteiger partial charge on any atom is -0.508 e. The first-order valence-corrected chi connectivity index (χ1v) is 9.13. The molecule has 0 fully saturated rings. The second-order valence-corrected chi connectivity index (χ2v) is 6.77. The molecule has 1 aliphatic heterocycles. The first kappa shape index (κ1) is 19.1. The van der Waals surface area contributed by atoms with Gasteiger partial charge in [-0.2, -0.15) is 0 Å². The molecule has 4 nitrogen and oxygen atoms in total. The van der Waals surface area contributed by atoms with Crippen LogP contribution in [0.15, 0.2) is 72.5 Å². The lowest BCUT2D eigenvalue weighted by Gasteiger charge is -2.27. The Morgan fingerprint density at radius 2 is 2.19 bits per heavy atom. The standard InChI is InChI=1S/C22H24BNO3/c1-16(2)20-11-12-23(26)27-22(20)10-9-18(21-8-3-4-13-24-21)14-17-6-5-7-19(25)15-17/h3-8,11,13-15,22,25-26H,1,9-10,12H2,2H3/b18-14-. The van der Waals surface area contributed by atoms with Gasteiger partial charge in [-0.3, -0.25) is 4.98 Å². The Labute approximate surface area is 160 Å². The highest BCUT2D eigenvalue weighted by atomic mass is 16.5. The molecule has 0 saturated carbocycles. The van der Waals surface area contributed by atoms with Crippen molar-refractivity contribution in [2.24, 2.45) is 0 Å². The molecule has 27 heavy (non-hydrogen) atoms. The van der Waals surface area contributed by atoms with Crippen molar-refractivity contribution in [3.63, 3.8) is 0 Å². The highest BCUT2D eigenvalue weighted by Gasteiger charge is 2.27. The van der Waals surface area contributed by atoms with E-state index in [0.717, 1.165) is 28.0 Å². The van der Waals surface area contributed by atoms with Crippen LogP contribution in [0.3, 0.4) is 0 Å². The van der Waals surface area contributed by atoms with E-state index in [4.69, 9.17) is 4.65 Å². The summed E-state index contributed by atoms with van der Waals surface area (Å²) in [5.74, 6) is 0.232. The van der Waals surface area contributed by atoms with Crippen molar-refractivity contribution in [1.82, 2.24) is 4.98 Å². The van der Waals surface area contributed by atoms with Gasteiger partial charge in [-0.25, -0.2) is 0 Å². The molecule has 0 bridgehead atoms. The maximum absolute atomic E-state index is 9.88. The zero-order chi connectivity index (χ0) is 19.2. The van der Waals surface area contributed by atoms with Gasteiger partial charge in [0, 0.05) is 12.5 Å². The Morgan fingerprint density at radius 1 is 1.33 bits per heavy atom. The molecule has 5 heteroatoms. The van der Waals surface area contributed by atoms with Crippen LogP contribution < -0.4 is 0 Å². The molecule has 2 aromatic rings. The second-order valence-electron chi connectivity index (χ2n) is 6.77. The number of hydrogen-bond acceptors (Lipinski definition) is 4. The number of hydrogen-bond donors (Lipinski definition) is 2. The van der Waals surface area contributed by atoms with E-state index in [0.29, 0.717) is 19.2 Å². The van der Waals surface area contributed by atoms with E-state index in [-0.39, 0.29) is 11.9 Å². The summed E-state index contributed by atoms with van der Waals surface area (Å²) < 4.78 is 5.75. The summed E-state index contributed by atoms with van der Waals surface area (Å²) in [5, 5.41) is 19.6. The molecule has 1 aromatic carbocycles. The van der Waals surface area contributed by atoms with Crippen molar-refractivity contribution in [3.05, 3.63) is 83.7 Å². The van der Waals surface area contributed by atoms with Crippen LogP contribution in [0.2, 0.25) is 6.32 Å². The third kappa shape index (κ3) is 5.19. The number of phenols is 1. The molecule has 0 amide bonds. The number of rotatable bonds is 6. The number of phenolic OH excluding ortho intramolecular Hbond substituents is 1. The summed E-state index contributed by atoms with van der Waals surface area (Å²) in [6.07, 6.45) is 7.54.